The third-order valence-corrected chi connectivity index (χ3v) is 2.00. The van der Waals surface area contributed by atoms with Gasteiger partial charge in [0.15, 0.2) is 0 Å². The molecule has 0 bridgehead atoms. The Morgan fingerprint density at radius 2 is 1.30 bits per heavy atom. The fourth-order valence-electron chi connectivity index (χ4n) is 1.46. The van der Waals surface area contributed by atoms with Gasteiger partial charge in [-0.25, -0.2) is 0 Å². The van der Waals surface area contributed by atoms with Crippen molar-refractivity contribution in [1.29, 1.82) is 0 Å². The van der Waals surface area contributed by atoms with Crippen LogP contribution in [0.1, 0.15) is 0 Å². The van der Waals surface area contributed by atoms with E-state index in [0.29, 0.717) is 0 Å². The van der Waals surface area contributed by atoms with E-state index >= 15 is 0 Å². The smallest absolute Gasteiger partial charge is 0.114 e. The molecule has 0 aromatic heterocycles. The van der Waals surface area contributed by atoms with Gasteiger partial charge < -0.3 is 19.7 Å². The lowest BCUT2D eigenvalue weighted by molar-refractivity contribution is 0.00205. The van der Waals surface area contributed by atoms with Gasteiger partial charge >= 0.3 is 0 Å². The summed E-state index contributed by atoms with van der Waals surface area (Å²) in [5.74, 6) is 0. The van der Waals surface area contributed by atoms with Gasteiger partial charge in [0.05, 0.1) is 13.2 Å². The molecule has 0 aromatic carbocycles. The first-order chi connectivity index (χ1) is 4.79. The molecule has 2 rings (SSSR count). The molecule has 58 valence electrons. The van der Waals surface area contributed by atoms with Crippen molar-refractivity contribution in [3.63, 3.8) is 0 Å². The summed E-state index contributed by atoms with van der Waals surface area (Å²) in [6.07, 6.45) is -1.70. The number of aliphatic hydroxyl groups is 2. The van der Waals surface area contributed by atoms with E-state index in [1.165, 1.54) is 0 Å². The van der Waals surface area contributed by atoms with Gasteiger partial charge in [0, 0.05) is 0 Å². The minimum atomic E-state index is -0.554. The fourth-order valence-corrected chi connectivity index (χ4v) is 1.46. The summed E-state index contributed by atoms with van der Waals surface area (Å²) in [5.41, 5.74) is 0. The number of hydrogen-bond acceptors (Lipinski definition) is 4. The quantitative estimate of drug-likeness (QED) is 0.437. The van der Waals surface area contributed by atoms with E-state index in [2.05, 4.69) is 0 Å². The predicted octanol–water partition coefficient (Wildman–Crippen LogP) is -1.49. The van der Waals surface area contributed by atoms with Crippen LogP contribution in [0.5, 0.6) is 0 Å². The molecule has 0 aliphatic carbocycles. The largest absolute Gasteiger partial charge is 0.388 e. The zero-order valence-corrected chi connectivity index (χ0v) is 5.43. The first-order valence-electron chi connectivity index (χ1n) is 3.38. The first kappa shape index (κ1) is 6.54. The van der Waals surface area contributed by atoms with Crippen LogP contribution in [-0.2, 0) is 9.47 Å². The van der Waals surface area contributed by atoms with Crippen LogP contribution in [-0.4, -0.2) is 47.8 Å². The van der Waals surface area contributed by atoms with Gasteiger partial charge in [-0.3, -0.25) is 0 Å². The van der Waals surface area contributed by atoms with Crippen LogP contribution in [0.4, 0.5) is 0 Å². The normalized spacial score (nSPS) is 53.4. The second-order valence-electron chi connectivity index (χ2n) is 2.73. The Morgan fingerprint density at radius 3 is 1.70 bits per heavy atom. The molecule has 1 unspecified atom stereocenters. The Bertz CT molecular complexity index is 122. The Balaban J connectivity index is 2.09. The van der Waals surface area contributed by atoms with Crippen LogP contribution < -0.4 is 0 Å². The van der Waals surface area contributed by atoms with Gasteiger partial charge in [-0.2, -0.15) is 0 Å². The van der Waals surface area contributed by atoms with Crippen molar-refractivity contribution < 1.29 is 19.7 Å². The van der Waals surface area contributed by atoms with Crippen LogP contribution in [0.15, 0.2) is 0 Å². The molecule has 2 N–H and O–H groups in total. The Morgan fingerprint density at radius 1 is 0.900 bits per heavy atom. The topological polar surface area (TPSA) is 58.9 Å². The third kappa shape index (κ3) is 0.769. The SMILES string of the molecule is OC1CO[C@@H]2[C@H](O)CO[C@H]12. The minimum absolute atomic E-state index is 0.284. The van der Waals surface area contributed by atoms with Gasteiger partial charge in [0.1, 0.15) is 24.4 Å². The monoisotopic (exact) mass is 146 g/mol. The second-order valence-corrected chi connectivity index (χ2v) is 2.73. The van der Waals surface area contributed by atoms with E-state index in [9.17, 15) is 0 Å². The number of aliphatic hydroxyl groups excluding tert-OH is 2. The molecule has 0 saturated carbocycles. The average molecular weight is 146 g/mol. The van der Waals surface area contributed by atoms with Crippen LogP contribution in [0.2, 0.25) is 0 Å². The van der Waals surface area contributed by atoms with Gasteiger partial charge in [-0.1, -0.05) is 0 Å². The summed E-state index contributed by atoms with van der Waals surface area (Å²) in [6, 6.07) is 0. The van der Waals surface area contributed by atoms with Crippen molar-refractivity contribution in [2.45, 2.75) is 24.4 Å². The second kappa shape index (κ2) is 2.17. The highest BCUT2D eigenvalue weighted by molar-refractivity contribution is 4.93. The maximum absolute atomic E-state index is 9.16. The molecule has 2 aliphatic rings. The highest BCUT2D eigenvalue weighted by Crippen LogP contribution is 2.26. The Labute approximate surface area is 58.4 Å². The first-order valence-corrected chi connectivity index (χ1v) is 3.38. The molecule has 0 amide bonds. The van der Waals surface area contributed by atoms with Crippen molar-refractivity contribution in [3.8, 4) is 0 Å². The molecule has 0 aromatic rings. The minimum Gasteiger partial charge on any atom is -0.388 e. The highest BCUT2D eigenvalue weighted by Gasteiger charge is 2.46. The van der Waals surface area contributed by atoms with E-state index < -0.39 is 12.2 Å². The summed E-state index contributed by atoms with van der Waals surface area (Å²) < 4.78 is 10.2. The predicted molar refractivity (Wildman–Crippen MR) is 31.5 cm³/mol. The summed E-state index contributed by atoms with van der Waals surface area (Å²) in [7, 11) is 0. The van der Waals surface area contributed by atoms with Crippen LogP contribution in [0, 0.1) is 0 Å². The van der Waals surface area contributed by atoms with Crippen molar-refractivity contribution >= 4 is 0 Å². The molecule has 4 heteroatoms. The molecule has 10 heavy (non-hydrogen) atoms. The zero-order valence-electron chi connectivity index (χ0n) is 5.43. The standard InChI is InChI=1S/C6H10O4/c7-3-1-9-6-4(8)2-10-5(3)6/h3-8H,1-2H2/t3-,4?,5-,6-/m1/s1. The van der Waals surface area contributed by atoms with Gasteiger partial charge in [-0.15, -0.1) is 0 Å². The zero-order chi connectivity index (χ0) is 7.14. The molecule has 2 heterocycles. The lowest BCUT2D eigenvalue weighted by Gasteiger charge is -2.09. The number of ether oxygens (including phenoxy) is 2. The maximum atomic E-state index is 9.16. The average Bonchev–Trinajstić information content (AvgIpc) is 2.41. The van der Waals surface area contributed by atoms with Crippen molar-refractivity contribution in [1.82, 2.24) is 0 Å². The lowest BCUT2D eigenvalue weighted by atomic mass is 10.1. The van der Waals surface area contributed by atoms with E-state index in [-0.39, 0.29) is 25.4 Å². The van der Waals surface area contributed by atoms with Crippen LogP contribution in [0.25, 0.3) is 0 Å². The lowest BCUT2D eigenvalue weighted by Crippen LogP contribution is -2.30. The number of hydrogen-bond donors (Lipinski definition) is 2. The third-order valence-electron chi connectivity index (χ3n) is 2.00. The van der Waals surface area contributed by atoms with Crippen molar-refractivity contribution in [2.24, 2.45) is 0 Å². The maximum Gasteiger partial charge on any atom is 0.114 e. The molecule has 2 aliphatic heterocycles. The fraction of sp³-hybridized carbons (Fsp3) is 1.00. The Kier molecular flexibility index (Phi) is 1.42. The summed E-state index contributed by atoms with van der Waals surface area (Å²) >= 11 is 0. The van der Waals surface area contributed by atoms with Crippen molar-refractivity contribution in [2.75, 3.05) is 13.2 Å². The van der Waals surface area contributed by atoms with E-state index in [0.717, 1.165) is 0 Å². The molecular weight excluding hydrogens is 136 g/mol. The van der Waals surface area contributed by atoms with Gasteiger partial charge in [0.25, 0.3) is 0 Å². The molecule has 2 saturated heterocycles. The molecular formula is C6H10O4. The molecule has 2 fully saturated rings. The highest BCUT2D eigenvalue weighted by atomic mass is 16.6. The van der Waals surface area contributed by atoms with E-state index in [1.54, 1.807) is 0 Å². The Hall–Kier alpha value is -0.160. The number of fused-ring (bicyclic) bond motifs is 1. The van der Waals surface area contributed by atoms with E-state index in [4.69, 9.17) is 19.7 Å². The van der Waals surface area contributed by atoms with Gasteiger partial charge in [-0.05, 0) is 0 Å². The molecule has 0 spiro atoms. The summed E-state index contributed by atoms with van der Waals surface area (Å²) in [5, 5.41) is 18.3. The molecule has 0 radical (unpaired) electrons. The van der Waals surface area contributed by atoms with Crippen LogP contribution in [0.3, 0.4) is 0 Å². The van der Waals surface area contributed by atoms with Gasteiger partial charge in [0.2, 0.25) is 0 Å². The van der Waals surface area contributed by atoms with Crippen LogP contribution >= 0.6 is 0 Å². The summed E-state index contributed by atoms with van der Waals surface area (Å²) in [6.45, 7) is 0.568. The molecule has 4 nitrogen and oxygen atoms in total. The van der Waals surface area contributed by atoms with Crippen molar-refractivity contribution in [3.05, 3.63) is 0 Å². The van der Waals surface area contributed by atoms with E-state index in [1.807, 2.05) is 0 Å². The number of rotatable bonds is 0. The molecule has 4 atom stereocenters. The summed E-state index contributed by atoms with van der Waals surface area (Å²) in [4.78, 5) is 0.